The molecular weight excluding hydrogens is 196 g/mol. The minimum absolute atomic E-state index is 0.0691. The van der Waals surface area contributed by atoms with Gasteiger partial charge in [-0.2, -0.15) is 0 Å². The van der Waals surface area contributed by atoms with Crippen molar-refractivity contribution in [1.29, 1.82) is 0 Å². The van der Waals surface area contributed by atoms with Crippen LogP contribution >= 0.6 is 0 Å². The summed E-state index contributed by atoms with van der Waals surface area (Å²) >= 11 is 0. The fourth-order valence-corrected chi connectivity index (χ4v) is 1.13. The van der Waals surface area contributed by atoms with E-state index in [1.165, 1.54) is 6.92 Å². The molecule has 0 aliphatic rings. The molecule has 0 unspecified atom stereocenters. The van der Waals surface area contributed by atoms with Crippen LogP contribution in [0.1, 0.15) is 23.7 Å². The summed E-state index contributed by atoms with van der Waals surface area (Å²) in [5, 5.41) is 8.42. The van der Waals surface area contributed by atoms with E-state index in [2.05, 4.69) is 0 Å². The third-order valence-electron chi connectivity index (χ3n) is 1.84. The molecule has 4 heteroatoms. The second kappa shape index (κ2) is 5.14. The van der Waals surface area contributed by atoms with Crippen molar-refractivity contribution >= 4 is 11.8 Å². The number of hydrogen-bond acceptors (Lipinski definition) is 3. The van der Waals surface area contributed by atoms with E-state index in [1.807, 2.05) is 0 Å². The molecule has 0 amide bonds. The first-order chi connectivity index (χ1) is 7.11. The van der Waals surface area contributed by atoms with Gasteiger partial charge in [0.15, 0.2) is 5.78 Å². The first kappa shape index (κ1) is 11.2. The summed E-state index contributed by atoms with van der Waals surface area (Å²) in [6.07, 6.45) is -0.0771. The van der Waals surface area contributed by atoms with Crippen LogP contribution in [0.25, 0.3) is 0 Å². The average Bonchev–Trinajstić information content (AvgIpc) is 2.17. The van der Waals surface area contributed by atoms with Gasteiger partial charge in [-0.15, -0.1) is 0 Å². The number of hydrogen-bond donors (Lipinski definition) is 1. The molecule has 1 rings (SSSR count). The number of ether oxygens (including phenoxy) is 1. The summed E-state index contributed by atoms with van der Waals surface area (Å²) in [5.41, 5.74) is 0.475. The lowest BCUT2D eigenvalue weighted by Gasteiger charge is -2.07. The van der Waals surface area contributed by atoms with Gasteiger partial charge in [0.05, 0.1) is 18.6 Å². The van der Waals surface area contributed by atoms with Crippen LogP contribution < -0.4 is 4.74 Å². The number of carbonyl (C=O) groups is 2. The van der Waals surface area contributed by atoms with E-state index in [4.69, 9.17) is 9.84 Å². The maximum Gasteiger partial charge on any atom is 0.306 e. The molecule has 15 heavy (non-hydrogen) atoms. The fourth-order valence-electron chi connectivity index (χ4n) is 1.13. The third kappa shape index (κ3) is 3.42. The lowest BCUT2D eigenvalue weighted by atomic mass is 10.1. The third-order valence-corrected chi connectivity index (χ3v) is 1.84. The largest absolute Gasteiger partial charge is 0.492 e. The molecule has 4 nitrogen and oxygen atoms in total. The number of rotatable bonds is 5. The minimum Gasteiger partial charge on any atom is -0.492 e. The van der Waals surface area contributed by atoms with Gasteiger partial charge >= 0.3 is 5.97 Å². The number of carbonyl (C=O) groups excluding carboxylic acids is 1. The lowest BCUT2D eigenvalue weighted by Crippen LogP contribution is -2.07. The van der Waals surface area contributed by atoms with E-state index in [1.54, 1.807) is 24.3 Å². The first-order valence-electron chi connectivity index (χ1n) is 4.56. The van der Waals surface area contributed by atoms with Crippen molar-refractivity contribution in [3.05, 3.63) is 29.8 Å². The van der Waals surface area contributed by atoms with Crippen molar-refractivity contribution in [3.63, 3.8) is 0 Å². The number of benzene rings is 1. The van der Waals surface area contributed by atoms with E-state index in [9.17, 15) is 9.59 Å². The molecule has 0 heterocycles. The molecule has 0 saturated carbocycles. The predicted molar refractivity (Wildman–Crippen MR) is 54.2 cm³/mol. The quantitative estimate of drug-likeness (QED) is 0.748. The second-order valence-corrected chi connectivity index (χ2v) is 3.04. The van der Waals surface area contributed by atoms with Crippen LogP contribution in [0.5, 0.6) is 5.75 Å². The lowest BCUT2D eigenvalue weighted by molar-refractivity contribution is -0.137. The Morgan fingerprint density at radius 1 is 1.33 bits per heavy atom. The van der Waals surface area contributed by atoms with Gasteiger partial charge in [0, 0.05) is 0 Å². The van der Waals surface area contributed by atoms with Gasteiger partial charge < -0.3 is 9.84 Å². The summed E-state index contributed by atoms with van der Waals surface area (Å²) in [5.74, 6) is -0.581. The second-order valence-electron chi connectivity index (χ2n) is 3.04. The molecule has 0 saturated heterocycles. The van der Waals surface area contributed by atoms with Crippen LogP contribution in [-0.4, -0.2) is 23.5 Å². The molecule has 0 fully saturated rings. The summed E-state index contributed by atoms with van der Waals surface area (Å²) < 4.78 is 5.21. The molecule has 0 aliphatic carbocycles. The van der Waals surface area contributed by atoms with Crippen LogP contribution in [0, 0.1) is 0 Å². The van der Waals surface area contributed by atoms with E-state index in [0.29, 0.717) is 11.3 Å². The Kier molecular flexibility index (Phi) is 3.85. The minimum atomic E-state index is -0.921. The highest BCUT2D eigenvalue weighted by Crippen LogP contribution is 2.18. The first-order valence-corrected chi connectivity index (χ1v) is 4.56. The van der Waals surface area contributed by atoms with Crippen LogP contribution in [0.3, 0.4) is 0 Å². The van der Waals surface area contributed by atoms with E-state index in [0.717, 1.165) is 0 Å². The van der Waals surface area contributed by atoms with Crippen molar-refractivity contribution in [2.24, 2.45) is 0 Å². The molecule has 1 aromatic rings. The van der Waals surface area contributed by atoms with Gasteiger partial charge in [-0.05, 0) is 19.1 Å². The summed E-state index contributed by atoms with van der Waals surface area (Å²) in [4.78, 5) is 21.4. The fraction of sp³-hybridized carbons (Fsp3) is 0.273. The molecule has 0 aromatic heterocycles. The number of aliphatic carboxylic acids is 1. The van der Waals surface area contributed by atoms with Crippen LogP contribution in [0.4, 0.5) is 0 Å². The van der Waals surface area contributed by atoms with Gasteiger partial charge in [-0.1, -0.05) is 12.1 Å². The predicted octanol–water partition coefficient (Wildman–Crippen LogP) is 1.74. The normalized spacial score (nSPS) is 9.67. The molecule has 0 atom stereocenters. The topological polar surface area (TPSA) is 63.6 Å². The maximum absolute atomic E-state index is 11.2. The van der Waals surface area contributed by atoms with Crippen molar-refractivity contribution in [2.75, 3.05) is 6.61 Å². The zero-order chi connectivity index (χ0) is 11.3. The van der Waals surface area contributed by atoms with E-state index < -0.39 is 5.97 Å². The highest BCUT2D eigenvalue weighted by atomic mass is 16.5. The Hall–Kier alpha value is -1.84. The van der Waals surface area contributed by atoms with Gasteiger partial charge in [-0.25, -0.2) is 0 Å². The number of carboxylic acids is 1. The highest BCUT2D eigenvalue weighted by molar-refractivity contribution is 5.96. The summed E-state index contributed by atoms with van der Waals surface area (Å²) in [7, 11) is 0. The monoisotopic (exact) mass is 208 g/mol. The SMILES string of the molecule is CC(=O)c1ccccc1OCCC(=O)O. The van der Waals surface area contributed by atoms with Crippen LogP contribution in [0.15, 0.2) is 24.3 Å². The van der Waals surface area contributed by atoms with Crippen molar-refractivity contribution in [3.8, 4) is 5.75 Å². The number of para-hydroxylation sites is 1. The highest BCUT2D eigenvalue weighted by Gasteiger charge is 2.07. The zero-order valence-corrected chi connectivity index (χ0v) is 8.40. The maximum atomic E-state index is 11.2. The Balaban J connectivity index is 2.67. The van der Waals surface area contributed by atoms with Crippen molar-refractivity contribution in [1.82, 2.24) is 0 Å². The van der Waals surface area contributed by atoms with Gasteiger partial charge in [-0.3, -0.25) is 9.59 Å². The Morgan fingerprint density at radius 2 is 2.00 bits per heavy atom. The van der Waals surface area contributed by atoms with E-state index in [-0.39, 0.29) is 18.8 Å². The standard InChI is InChI=1S/C11H12O4/c1-8(12)9-4-2-3-5-10(9)15-7-6-11(13)14/h2-5H,6-7H2,1H3,(H,13,14). The van der Waals surface area contributed by atoms with Crippen molar-refractivity contribution in [2.45, 2.75) is 13.3 Å². The summed E-state index contributed by atoms with van der Waals surface area (Å²) in [6, 6.07) is 6.78. The summed E-state index contributed by atoms with van der Waals surface area (Å²) in [6.45, 7) is 1.51. The van der Waals surface area contributed by atoms with E-state index >= 15 is 0 Å². The number of ketones is 1. The molecule has 0 radical (unpaired) electrons. The Bertz CT molecular complexity index is 371. The van der Waals surface area contributed by atoms with Gasteiger partial charge in [0.25, 0.3) is 0 Å². The van der Waals surface area contributed by atoms with Crippen LogP contribution in [0.2, 0.25) is 0 Å². The molecule has 80 valence electrons. The molecule has 0 spiro atoms. The van der Waals surface area contributed by atoms with Gasteiger partial charge in [0.2, 0.25) is 0 Å². The molecule has 1 aromatic carbocycles. The average molecular weight is 208 g/mol. The molecular formula is C11H12O4. The Morgan fingerprint density at radius 3 is 2.60 bits per heavy atom. The molecule has 0 aliphatic heterocycles. The van der Waals surface area contributed by atoms with Crippen LogP contribution in [-0.2, 0) is 4.79 Å². The Labute approximate surface area is 87.5 Å². The number of carboxylic acid groups (broad SMARTS) is 1. The van der Waals surface area contributed by atoms with Crippen molar-refractivity contribution < 1.29 is 19.4 Å². The number of Topliss-reactive ketones (excluding diaryl/α,β-unsaturated/α-hetero) is 1. The molecule has 0 bridgehead atoms. The smallest absolute Gasteiger partial charge is 0.306 e. The van der Waals surface area contributed by atoms with Gasteiger partial charge in [0.1, 0.15) is 5.75 Å². The molecule has 1 N–H and O–H groups in total. The zero-order valence-electron chi connectivity index (χ0n) is 8.40.